The summed E-state index contributed by atoms with van der Waals surface area (Å²) in [6.07, 6.45) is 4.19. The zero-order valence-electron chi connectivity index (χ0n) is 11.2. The molecule has 2 heterocycles. The molecule has 5 nitrogen and oxygen atoms in total. The summed E-state index contributed by atoms with van der Waals surface area (Å²) in [6.45, 7) is 3.35. The number of hydrogen-bond acceptors (Lipinski definition) is 4. The number of nitrogens with zero attached hydrogens (tertiary/aromatic N) is 1. The van der Waals surface area contributed by atoms with Crippen molar-refractivity contribution >= 4 is 13.8 Å². The van der Waals surface area contributed by atoms with Gasteiger partial charge in [-0.3, -0.25) is 9.69 Å². The lowest BCUT2D eigenvalue weighted by Gasteiger charge is -2.26. The quantitative estimate of drug-likeness (QED) is 0.542. The van der Waals surface area contributed by atoms with Gasteiger partial charge in [0.2, 0.25) is 0 Å². The maximum absolute atomic E-state index is 11.5. The Balaban J connectivity index is 2.04. The average molecular weight is 253 g/mol. The molecule has 0 aromatic carbocycles. The monoisotopic (exact) mass is 253 g/mol. The van der Waals surface area contributed by atoms with Crippen LogP contribution >= 0.6 is 0 Å². The van der Waals surface area contributed by atoms with E-state index in [4.69, 9.17) is 5.73 Å². The van der Waals surface area contributed by atoms with Gasteiger partial charge in [-0.2, -0.15) is 0 Å². The number of carbonyl (C=O) groups is 1. The van der Waals surface area contributed by atoms with Crippen LogP contribution in [0.2, 0.25) is 6.32 Å². The molecule has 0 radical (unpaired) electrons. The first-order valence-electron chi connectivity index (χ1n) is 7.05. The molecule has 2 aliphatic heterocycles. The zero-order valence-corrected chi connectivity index (χ0v) is 11.2. The number of hydrogen-bond donors (Lipinski definition) is 3. The fourth-order valence-electron chi connectivity index (χ4n) is 3.25. The normalized spacial score (nSPS) is 37.2. The number of carboxylic acids is 1. The van der Waals surface area contributed by atoms with Gasteiger partial charge in [-0.05, 0) is 19.4 Å². The van der Waals surface area contributed by atoms with E-state index in [0.29, 0.717) is 12.6 Å². The lowest BCUT2D eigenvalue weighted by atomic mass is 9.83. The highest BCUT2D eigenvalue weighted by Gasteiger charge is 2.50. The number of carboxylic acid groups (broad SMARTS) is 1. The summed E-state index contributed by atoms with van der Waals surface area (Å²) >= 11 is 0. The molecule has 18 heavy (non-hydrogen) atoms. The Hall–Kier alpha value is -0.585. The number of rotatable bonds is 5. The third-order valence-electron chi connectivity index (χ3n) is 4.50. The van der Waals surface area contributed by atoms with Crippen LogP contribution in [-0.4, -0.2) is 61.6 Å². The van der Waals surface area contributed by atoms with E-state index in [1.165, 1.54) is 0 Å². The number of aliphatic carboxylic acids is 1. The van der Waals surface area contributed by atoms with Crippen molar-refractivity contribution in [2.45, 2.75) is 37.2 Å². The molecule has 0 amide bonds. The molecular formula is C12H24BN3O2. The van der Waals surface area contributed by atoms with Gasteiger partial charge in [0.25, 0.3) is 0 Å². The van der Waals surface area contributed by atoms with E-state index < -0.39 is 11.5 Å². The second-order valence-electron chi connectivity index (χ2n) is 5.76. The van der Waals surface area contributed by atoms with E-state index in [9.17, 15) is 9.90 Å². The minimum Gasteiger partial charge on any atom is -0.480 e. The third kappa shape index (κ3) is 2.55. The molecule has 0 spiro atoms. The molecule has 0 aromatic heterocycles. The Kier molecular flexibility index (Phi) is 4.30. The maximum atomic E-state index is 11.5. The lowest BCUT2D eigenvalue weighted by molar-refractivity contribution is -0.144. The van der Waals surface area contributed by atoms with E-state index in [-0.39, 0.29) is 5.92 Å². The van der Waals surface area contributed by atoms with Crippen LogP contribution in [0.15, 0.2) is 0 Å². The van der Waals surface area contributed by atoms with E-state index in [2.05, 4.69) is 18.1 Å². The van der Waals surface area contributed by atoms with Gasteiger partial charge < -0.3 is 16.2 Å². The van der Waals surface area contributed by atoms with Crippen LogP contribution in [0.5, 0.6) is 0 Å². The summed E-state index contributed by atoms with van der Waals surface area (Å²) in [5, 5.41) is 12.8. The minimum atomic E-state index is -1.04. The van der Waals surface area contributed by atoms with Gasteiger partial charge in [-0.1, -0.05) is 12.7 Å². The van der Waals surface area contributed by atoms with Crippen LogP contribution in [0, 0.1) is 5.92 Å². The largest absolute Gasteiger partial charge is 0.480 e. The molecule has 1 unspecified atom stereocenters. The van der Waals surface area contributed by atoms with Crippen molar-refractivity contribution in [2.24, 2.45) is 11.7 Å². The Labute approximate surface area is 109 Å². The van der Waals surface area contributed by atoms with Crippen LogP contribution in [0.1, 0.15) is 19.3 Å². The number of nitrogens with one attached hydrogen (secondary N) is 1. The first kappa shape index (κ1) is 13.8. The topological polar surface area (TPSA) is 78.6 Å². The molecule has 0 aromatic rings. The Morgan fingerprint density at radius 2 is 2.39 bits per heavy atom. The van der Waals surface area contributed by atoms with Crippen molar-refractivity contribution in [1.82, 2.24) is 10.2 Å². The van der Waals surface area contributed by atoms with Crippen molar-refractivity contribution in [3.63, 3.8) is 0 Å². The first-order chi connectivity index (χ1) is 8.58. The van der Waals surface area contributed by atoms with Gasteiger partial charge >= 0.3 is 5.97 Å². The molecular weight excluding hydrogens is 229 g/mol. The second-order valence-corrected chi connectivity index (χ2v) is 5.76. The fourth-order valence-corrected chi connectivity index (χ4v) is 3.25. The first-order valence-corrected chi connectivity index (χ1v) is 7.05. The lowest BCUT2D eigenvalue weighted by Crippen LogP contribution is -2.55. The van der Waals surface area contributed by atoms with E-state index >= 15 is 0 Å². The SMILES string of the molecule is BCCC[C@H]1CN(C2CCNC2)C[C@@]1(N)C(=O)O. The standard InChI is InChI=1S/C12H24BN3O2/c13-4-1-2-9-7-16(10-3-5-15-6-10)8-12(9,14)11(17)18/h9-10,15H,1-8,13-14H2,(H,17,18)/t9-,10?,12-/m0/s1. The van der Waals surface area contributed by atoms with Crippen molar-refractivity contribution in [3.8, 4) is 0 Å². The molecule has 3 atom stereocenters. The van der Waals surface area contributed by atoms with Gasteiger partial charge in [0, 0.05) is 31.6 Å². The molecule has 0 saturated carbocycles. The molecule has 4 N–H and O–H groups in total. The maximum Gasteiger partial charge on any atom is 0.325 e. The fraction of sp³-hybridized carbons (Fsp3) is 0.917. The van der Waals surface area contributed by atoms with Gasteiger partial charge in [0.05, 0.1) is 0 Å². The van der Waals surface area contributed by atoms with Crippen molar-refractivity contribution in [1.29, 1.82) is 0 Å². The molecule has 102 valence electrons. The highest BCUT2D eigenvalue weighted by molar-refractivity contribution is 6.08. The predicted octanol–water partition coefficient (Wildman–Crippen LogP) is -1.11. The van der Waals surface area contributed by atoms with Crippen LogP contribution in [-0.2, 0) is 4.79 Å². The molecule has 6 heteroatoms. The summed E-state index contributed by atoms with van der Waals surface area (Å²) in [5.41, 5.74) is 5.14. The van der Waals surface area contributed by atoms with Gasteiger partial charge in [-0.25, -0.2) is 0 Å². The van der Waals surface area contributed by atoms with Crippen LogP contribution in [0.4, 0.5) is 0 Å². The summed E-state index contributed by atoms with van der Waals surface area (Å²) in [4.78, 5) is 13.8. The molecule has 2 fully saturated rings. The van der Waals surface area contributed by atoms with Gasteiger partial charge in [-0.15, -0.1) is 0 Å². The summed E-state index contributed by atoms with van der Waals surface area (Å²) < 4.78 is 0. The van der Waals surface area contributed by atoms with E-state index in [1.807, 2.05) is 0 Å². The van der Waals surface area contributed by atoms with Gasteiger partial charge in [0.15, 0.2) is 0 Å². The zero-order chi connectivity index (χ0) is 13.2. The van der Waals surface area contributed by atoms with Crippen LogP contribution in [0.25, 0.3) is 0 Å². The smallest absolute Gasteiger partial charge is 0.325 e. The van der Waals surface area contributed by atoms with Crippen molar-refractivity contribution < 1.29 is 9.90 Å². The molecule has 2 aliphatic rings. The van der Waals surface area contributed by atoms with Crippen LogP contribution < -0.4 is 11.1 Å². The minimum absolute atomic E-state index is 0.0931. The molecule has 0 aliphatic carbocycles. The van der Waals surface area contributed by atoms with E-state index in [0.717, 1.165) is 45.2 Å². The predicted molar refractivity (Wildman–Crippen MR) is 73.5 cm³/mol. The highest BCUT2D eigenvalue weighted by atomic mass is 16.4. The number of nitrogens with two attached hydrogens (primary N) is 1. The van der Waals surface area contributed by atoms with Gasteiger partial charge in [0.1, 0.15) is 13.4 Å². The van der Waals surface area contributed by atoms with Crippen molar-refractivity contribution in [2.75, 3.05) is 26.2 Å². The second kappa shape index (κ2) is 5.59. The summed E-state index contributed by atoms with van der Waals surface area (Å²) in [5.74, 6) is -0.743. The highest BCUT2D eigenvalue weighted by Crippen LogP contribution is 2.32. The average Bonchev–Trinajstić information content (AvgIpc) is 2.94. The van der Waals surface area contributed by atoms with E-state index in [1.54, 1.807) is 0 Å². The Morgan fingerprint density at radius 1 is 1.61 bits per heavy atom. The third-order valence-corrected chi connectivity index (χ3v) is 4.50. The molecule has 2 saturated heterocycles. The summed E-state index contributed by atoms with van der Waals surface area (Å²) in [6, 6.07) is 0.471. The Bertz CT molecular complexity index is 310. The molecule has 2 rings (SSSR count). The van der Waals surface area contributed by atoms with Crippen LogP contribution in [0.3, 0.4) is 0 Å². The van der Waals surface area contributed by atoms with Crippen molar-refractivity contribution in [3.05, 3.63) is 0 Å². The Morgan fingerprint density at radius 3 is 2.94 bits per heavy atom. The summed E-state index contributed by atoms with van der Waals surface area (Å²) in [7, 11) is 2.13. The number of likely N-dealkylation sites (tertiary alicyclic amines) is 1. The molecule has 0 bridgehead atoms.